The zero-order chi connectivity index (χ0) is 16.4. The van der Waals surface area contributed by atoms with Crippen LogP contribution in [0.3, 0.4) is 0 Å². The molecule has 3 aromatic rings. The highest BCUT2D eigenvalue weighted by Crippen LogP contribution is 2.30. The minimum atomic E-state index is -0.254. The fourth-order valence-electron chi connectivity index (χ4n) is 2.71. The highest BCUT2D eigenvalue weighted by Gasteiger charge is 2.17. The molecule has 3 aromatic carbocycles. The van der Waals surface area contributed by atoms with E-state index < -0.39 is 0 Å². The molecule has 0 spiro atoms. The van der Waals surface area contributed by atoms with Gasteiger partial charge in [0, 0.05) is 11.1 Å². The minimum Gasteiger partial charge on any atom is -0.347 e. The van der Waals surface area contributed by atoms with Gasteiger partial charge in [-0.1, -0.05) is 54.6 Å². The number of amides is 1. The summed E-state index contributed by atoms with van der Waals surface area (Å²) in [6.45, 7) is 5.97. The van der Waals surface area contributed by atoms with Gasteiger partial charge >= 0.3 is 0 Å². The highest BCUT2D eigenvalue weighted by atomic mass is 16.1. The number of nitrogens with one attached hydrogen (secondary N) is 1. The fraction of sp³-hybridized carbons (Fsp3) is 0.190. The topological polar surface area (TPSA) is 29.1 Å². The van der Waals surface area contributed by atoms with Crippen molar-refractivity contribution in [3.63, 3.8) is 0 Å². The summed E-state index contributed by atoms with van der Waals surface area (Å²) in [6, 6.07) is 22.3. The van der Waals surface area contributed by atoms with Gasteiger partial charge in [-0.3, -0.25) is 4.79 Å². The van der Waals surface area contributed by atoms with Crippen molar-refractivity contribution in [2.75, 3.05) is 0 Å². The van der Waals surface area contributed by atoms with Crippen molar-refractivity contribution in [1.82, 2.24) is 5.32 Å². The first-order valence-electron chi connectivity index (χ1n) is 7.85. The number of carbonyl (C=O) groups excluding carboxylic acids is 1. The van der Waals surface area contributed by atoms with E-state index in [1.54, 1.807) is 0 Å². The Hall–Kier alpha value is -2.61. The second kappa shape index (κ2) is 5.88. The largest absolute Gasteiger partial charge is 0.347 e. The van der Waals surface area contributed by atoms with Crippen molar-refractivity contribution in [2.24, 2.45) is 0 Å². The van der Waals surface area contributed by atoms with E-state index in [1.807, 2.05) is 63.2 Å². The van der Waals surface area contributed by atoms with Crippen molar-refractivity contribution < 1.29 is 4.79 Å². The van der Waals surface area contributed by atoms with Crippen LogP contribution in [0.4, 0.5) is 0 Å². The van der Waals surface area contributed by atoms with Crippen molar-refractivity contribution >= 4 is 16.7 Å². The summed E-state index contributed by atoms with van der Waals surface area (Å²) < 4.78 is 0. The van der Waals surface area contributed by atoms with Gasteiger partial charge in [-0.05, 0) is 54.8 Å². The molecule has 0 aliphatic rings. The predicted octanol–water partition coefficient (Wildman–Crippen LogP) is 5.04. The van der Waals surface area contributed by atoms with E-state index in [4.69, 9.17) is 0 Å². The third kappa shape index (κ3) is 3.42. The lowest BCUT2D eigenvalue weighted by atomic mass is 9.95. The van der Waals surface area contributed by atoms with Gasteiger partial charge in [0.15, 0.2) is 0 Å². The molecule has 0 saturated carbocycles. The molecule has 0 saturated heterocycles. The van der Waals surface area contributed by atoms with Crippen LogP contribution in [-0.4, -0.2) is 11.4 Å². The van der Waals surface area contributed by atoms with Crippen LogP contribution in [0.2, 0.25) is 0 Å². The fourth-order valence-corrected chi connectivity index (χ4v) is 2.71. The van der Waals surface area contributed by atoms with Gasteiger partial charge in [-0.2, -0.15) is 0 Å². The minimum absolute atomic E-state index is 0.0413. The van der Waals surface area contributed by atoms with Crippen LogP contribution >= 0.6 is 0 Å². The molecule has 0 aliphatic heterocycles. The van der Waals surface area contributed by atoms with E-state index >= 15 is 0 Å². The number of rotatable bonds is 2. The summed E-state index contributed by atoms with van der Waals surface area (Å²) in [5.74, 6) is -0.0413. The first kappa shape index (κ1) is 15.3. The molecule has 0 radical (unpaired) electrons. The summed E-state index contributed by atoms with van der Waals surface area (Å²) in [6.07, 6.45) is 0. The summed E-state index contributed by atoms with van der Waals surface area (Å²) in [7, 11) is 0. The lowest BCUT2D eigenvalue weighted by Gasteiger charge is -2.21. The standard InChI is InChI=1S/C21H21NO/c1-21(2,3)22-20(23)17-13-16-11-7-8-12-18(16)19(14-17)15-9-5-4-6-10-15/h4-14H,1-3H3,(H,22,23). The Kier molecular flexibility index (Phi) is 3.91. The third-order valence-electron chi connectivity index (χ3n) is 3.70. The number of hydrogen-bond acceptors (Lipinski definition) is 1. The van der Waals surface area contributed by atoms with Crippen LogP contribution in [0.1, 0.15) is 31.1 Å². The maximum absolute atomic E-state index is 12.6. The quantitative estimate of drug-likeness (QED) is 0.706. The Morgan fingerprint density at radius 1 is 0.870 bits per heavy atom. The molecular weight excluding hydrogens is 282 g/mol. The molecule has 1 amide bonds. The highest BCUT2D eigenvalue weighted by molar-refractivity contribution is 6.04. The Labute approximate surface area is 137 Å². The molecule has 3 rings (SSSR count). The monoisotopic (exact) mass is 303 g/mol. The number of fused-ring (bicyclic) bond motifs is 1. The van der Waals surface area contributed by atoms with Crippen LogP contribution in [0.25, 0.3) is 21.9 Å². The smallest absolute Gasteiger partial charge is 0.251 e. The Balaban J connectivity index is 2.17. The lowest BCUT2D eigenvalue weighted by molar-refractivity contribution is 0.0919. The lowest BCUT2D eigenvalue weighted by Crippen LogP contribution is -2.40. The van der Waals surface area contributed by atoms with Crippen LogP contribution < -0.4 is 5.32 Å². The summed E-state index contributed by atoms with van der Waals surface area (Å²) in [5, 5.41) is 5.27. The number of hydrogen-bond donors (Lipinski definition) is 1. The maximum Gasteiger partial charge on any atom is 0.251 e. The van der Waals surface area contributed by atoms with Gasteiger partial charge in [0.1, 0.15) is 0 Å². The van der Waals surface area contributed by atoms with Crippen LogP contribution in [0.5, 0.6) is 0 Å². The van der Waals surface area contributed by atoms with Gasteiger partial charge in [0.25, 0.3) is 5.91 Å². The molecule has 1 N–H and O–H groups in total. The molecule has 0 atom stereocenters. The van der Waals surface area contributed by atoms with Gasteiger partial charge in [-0.25, -0.2) is 0 Å². The predicted molar refractivity (Wildman–Crippen MR) is 96.6 cm³/mol. The van der Waals surface area contributed by atoms with Gasteiger partial charge in [-0.15, -0.1) is 0 Å². The zero-order valence-corrected chi connectivity index (χ0v) is 13.8. The van der Waals surface area contributed by atoms with E-state index in [1.165, 1.54) is 0 Å². The number of benzene rings is 3. The summed E-state index contributed by atoms with van der Waals surface area (Å²) in [4.78, 5) is 12.6. The van der Waals surface area contributed by atoms with Gasteiger partial charge < -0.3 is 5.32 Å². The van der Waals surface area contributed by atoms with E-state index in [-0.39, 0.29) is 11.4 Å². The molecule has 0 heterocycles. The average Bonchev–Trinajstić information content (AvgIpc) is 2.53. The summed E-state index contributed by atoms with van der Waals surface area (Å²) >= 11 is 0. The van der Waals surface area contributed by atoms with E-state index in [2.05, 4.69) is 29.6 Å². The first-order chi connectivity index (χ1) is 10.9. The van der Waals surface area contributed by atoms with Crippen LogP contribution in [0, 0.1) is 0 Å². The van der Waals surface area contributed by atoms with Crippen molar-refractivity contribution in [2.45, 2.75) is 26.3 Å². The normalized spacial score (nSPS) is 11.4. The Morgan fingerprint density at radius 2 is 1.52 bits per heavy atom. The molecule has 2 nitrogen and oxygen atoms in total. The van der Waals surface area contributed by atoms with Gasteiger partial charge in [0.05, 0.1) is 0 Å². The molecule has 0 unspecified atom stereocenters. The van der Waals surface area contributed by atoms with Crippen molar-refractivity contribution in [3.8, 4) is 11.1 Å². The summed E-state index contributed by atoms with van der Waals surface area (Å²) in [5.41, 5.74) is 2.64. The molecule has 0 fully saturated rings. The molecule has 2 heteroatoms. The molecule has 0 aromatic heterocycles. The van der Waals surface area contributed by atoms with E-state index in [0.717, 1.165) is 21.9 Å². The van der Waals surface area contributed by atoms with E-state index in [9.17, 15) is 4.79 Å². The zero-order valence-electron chi connectivity index (χ0n) is 13.8. The van der Waals surface area contributed by atoms with Crippen LogP contribution in [0.15, 0.2) is 66.7 Å². The van der Waals surface area contributed by atoms with Crippen molar-refractivity contribution in [1.29, 1.82) is 0 Å². The molecule has 0 aliphatic carbocycles. The molecule has 23 heavy (non-hydrogen) atoms. The molecule has 0 bridgehead atoms. The molecule has 116 valence electrons. The second-order valence-corrected chi connectivity index (χ2v) is 6.82. The van der Waals surface area contributed by atoms with E-state index in [0.29, 0.717) is 5.56 Å². The van der Waals surface area contributed by atoms with Crippen LogP contribution in [-0.2, 0) is 0 Å². The maximum atomic E-state index is 12.6. The Morgan fingerprint density at radius 3 is 2.22 bits per heavy atom. The molecular formula is C21H21NO. The Bertz CT molecular complexity index is 845. The SMILES string of the molecule is CC(C)(C)NC(=O)c1cc(-c2ccccc2)c2ccccc2c1. The van der Waals surface area contributed by atoms with Gasteiger partial charge in [0.2, 0.25) is 0 Å². The number of carbonyl (C=O) groups is 1. The first-order valence-corrected chi connectivity index (χ1v) is 7.85. The third-order valence-corrected chi connectivity index (χ3v) is 3.70. The second-order valence-electron chi connectivity index (χ2n) is 6.82. The van der Waals surface area contributed by atoms with Crippen molar-refractivity contribution in [3.05, 3.63) is 72.3 Å². The average molecular weight is 303 g/mol.